The van der Waals surface area contributed by atoms with Gasteiger partial charge in [0.1, 0.15) is 5.75 Å². The van der Waals surface area contributed by atoms with E-state index in [-0.39, 0.29) is 5.91 Å². The van der Waals surface area contributed by atoms with E-state index in [0.29, 0.717) is 13.2 Å². The Morgan fingerprint density at radius 2 is 1.96 bits per heavy atom. The first kappa shape index (κ1) is 16.1. The molecule has 0 saturated heterocycles. The molecule has 1 heterocycles. The Balaban J connectivity index is 1.79. The summed E-state index contributed by atoms with van der Waals surface area (Å²) < 4.78 is 6.84. The molecule has 0 aliphatic carbocycles. The number of carbonyl (C=O) groups excluding carboxylic acids is 1. The van der Waals surface area contributed by atoms with Gasteiger partial charge in [-0.2, -0.15) is 0 Å². The smallest absolute Gasteiger partial charge is 0.254 e. The second kappa shape index (κ2) is 7.18. The summed E-state index contributed by atoms with van der Waals surface area (Å²) in [4.78, 5) is 14.7. The highest BCUT2D eigenvalue weighted by atomic mass is 79.9. The van der Waals surface area contributed by atoms with Crippen molar-refractivity contribution in [2.24, 2.45) is 0 Å². The normalized spacial score (nSPS) is 13.8. The van der Waals surface area contributed by atoms with E-state index in [1.165, 1.54) is 0 Å². The van der Waals surface area contributed by atoms with E-state index >= 15 is 0 Å². The van der Waals surface area contributed by atoms with Gasteiger partial charge in [-0.3, -0.25) is 4.79 Å². The van der Waals surface area contributed by atoms with Crippen LogP contribution in [0.1, 0.15) is 34.8 Å². The molecule has 4 heteroatoms. The number of carbonyl (C=O) groups is 1. The van der Waals surface area contributed by atoms with Crippen molar-refractivity contribution in [3.05, 3.63) is 63.6 Å². The molecule has 0 unspecified atom stereocenters. The molecule has 2 aromatic carbocycles. The molecule has 0 fully saturated rings. The monoisotopic (exact) mass is 373 g/mol. The second-order valence-electron chi connectivity index (χ2n) is 5.73. The van der Waals surface area contributed by atoms with Gasteiger partial charge in [0.05, 0.1) is 6.61 Å². The van der Waals surface area contributed by atoms with Crippen molar-refractivity contribution >= 4 is 21.8 Å². The summed E-state index contributed by atoms with van der Waals surface area (Å²) in [5, 5.41) is 0. The molecule has 3 rings (SSSR count). The predicted molar refractivity (Wildman–Crippen MR) is 94.8 cm³/mol. The zero-order valence-corrected chi connectivity index (χ0v) is 14.8. The maximum Gasteiger partial charge on any atom is 0.254 e. The van der Waals surface area contributed by atoms with Gasteiger partial charge < -0.3 is 9.64 Å². The summed E-state index contributed by atoms with van der Waals surface area (Å²) in [5.74, 6) is 0.956. The fraction of sp³-hybridized carbons (Fsp3) is 0.316. The molecule has 1 aliphatic rings. The Labute approximate surface area is 145 Å². The van der Waals surface area contributed by atoms with Crippen LogP contribution in [0.2, 0.25) is 0 Å². The number of ether oxygens (including phenoxy) is 1. The summed E-state index contributed by atoms with van der Waals surface area (Å²) in [6, 6.07) is 13.9. The molecule has 3 nitrogen and oxygen atoms in total. The molecule has 0 atom stereocenters. The number of rotatable bonds is 5. The van der Waals surface area contributed by atoms with Crippen LogP contribution >= 0.6 is 15.9 Å². The van der Waals surface area contributed by atoms with E-state index in [1.54, 1.807) is 0 Å². The molecule has 23 heavy (non-hydrogen) atoms. The maximum absolute atomic E-state index is 12.8. The van der Waals surface area contributed by atoms with E-state index in [4.69, 9.17) is 4.74 Å². The van der Waals surface area contributed by atoms with Gasteiger partial charge in [-0.15, -0.1) is 0 Å². The van der Waals surface area contributed by atoms with Crippen LogP contribution in [0, 0.1) is 0 Å². The Morgan fingerprint density at radius 3 is 2.70 bits per heavy atom. The van der Waals surface area contributed by atoms with Crippen molar-refractivity contribution in [2.45, 2.75) is 26.3 Å². The molecule has 0 spiro atoms. The van der Waals surface area contributed by atoms with Gasteiger partial charge >= 0.3 is 0 Å². The lowest BCUT2D eigenvalue weighted by Crippen LogP contribution is -2.37. The summed E-state index contributed by atoms with van der Waals surface area (Å²) in [7, 11) is 0. The highest BCUT2D eigenvalue weighted by molar-refractivity contribution is 9.10. The number of nitrogens with zero attached hydrogens (tertiary/aromatic N) is 1. The zero-order valence-electron chi connectivity index (χ0n) is 13.2. The fourth-order valence-corrected chi connectivity index (χ4v) is 3.12. The number of hydrogen-bond donors (Lipinski definition) is 0. The standard InChI is InChI=1S/C19H20BrNO2/c1-2-12-23-18-5-3-4-17-16(18)10-11-21(19(17)22)13-14-6-8-15(20)9-7-14/h3-9H,2,10-13H2,1H3. The zero-order chi connectivity index (χ0) is 16.2. The van der Waals surface area contributed by atoms with E-state index in [0.717, 1.165) is 46.3 Å². The first-order valence-electron chi connectivity index (χ1n) is 7.97. The Hall–Kier alpha value is -1.81. The maximum atomic E-state index is 12.8. The SMILES string of the molecule is CCCOc1cccc2c1CCN(Cc1ccc(Br)cc1)C2=O. The first-order valence-corrected chi connectivity index (χ1v) is 8.76. The molecule has 1 aliphatic heterocycles. The van der Waals surface area contributed by atoms with Gasteiger partial charge in [0.15, 0.2) is 0 Å². The predicted octanol–water partition coefficient (Wildman–Crippen LogP) is 4.44. The number of benzene rings is 2. The molecular formula is C19H20BrNO2. The highest BCUT2D eigenvalue weighted by Gasteiger charge is 2.26. The van der Waals surface area contributed by atoms with E-state index in [1.807, 2.05) is 47.4 Å². The van der Waals surface area contributed by atoms with Crippen molar-refractivity contribution in [1.29, 1.82) is 0 Å². The van der Waals surface area contributed by atoms with Gasteiger partial charge in [-0.05, 0) is 42.7 Å². The minimum atomic E-state index is 0.0936. The van der Waals surface area contributed by atoms with E-state index in [2.05, 4.69) is 22.9 Å². The Kier molecular flexibility index (Phi) is 5.01. The highest BCUT2D eigenvalue weighted by Crippen LogP contribution is 2.29. The summed E-state index contributed by atoms with van der Waals surface area (Å²) in [5.41, 5.74) is 2.98. The van der Waals surface area contributed by atoms with Crippen molar-refractivity contribution < 1.29 is 9.53 Å². The molecule has 120 valence electrons. The van der Waals surface area contributed by atoms with Crippen LogP contribution in [0.15, 0.2) is 46.9 Å². The van der Waals surface area contributed by atoms with Crippen molar-refractivity contribution in [3.63, 3.8) is 0 Å². The lowest BCUT2D eigenvalue weighted by Gasteiger charge is -2.29. The van der Waals surface area contributed by atoms with Crippen LogP contribution in [0.3, 0.4) is 0 Å². The van der Waals surface area contributed by atoms with Crippen molar-refractivity contribution in [2.75, 3.05) is 13.2 Å². The van der Waals surface area contributed by atoms with Gasteiger partial charge in [-0.25, -0.2) is 0 Å². The van der Waals surface area contributed by atoms with Crippen LogP contribution in [-0.4, -0.2) is 24.0 Å². The third-order valence-corrected chi connectivity index (χ3v) is 4.56. The molecule has 0 bridgehead atoms. The van der Waals surface area contributed by atoms with Crippen molar-refractivity contribution in [1.82, 2.24) is 4.90 Å². The number of halogens is 1. The molecule has 0 aromatic heterocycles. The topological polar surface area (TPSA) is 29.5 Å². The van der Waals surface area contributed by atoms with Gasteiger partial charge in [-0.1, -0.05) is 41.1 Å². The average molecular weight is 374 g/mol. The molecule has 0 N–H and O–H groups in total. The van der Waals surface area contributed by atoms with Crippen LogP contribution in [-0.2, 0) is 13.0 Å². The second-order valence-corrected chi connectivity index (χ2v) is 6.65. The first-order chi connectivity index (χ1) is 11.2. The van der Waals surface area contributed by atoms with E-state index in [9.17, 15) is 4.79 Å². The summed E-state index contributed by atoms with van der Waals surface area (Å²) >= 11 is 3.44. The van der Waals surface area contributed by atoms with Crippen molar-refractivity contribution in [3.8, 4) is 5.75 Å². The lowest BCUT2D eigenvalue weighted by molar-refractivity contribution is 0.0725. The van der Waals surface area contributed by atoms with Crippen LogP contribution in [0.5, 0.6) is 5.75 Å². The van der Waals surface area contributed by atoms with E-state index < -0.39 is 0 Å². The lowest BCUT2D eigenvalue weighted by atomic mass is 9.97. The Bertz CT molecular complexity index is 697. The third kappa shape index (κ3) is 3.58. The van der Waals surface area contributed by atoms with Crippen LogP contribution in [0.25, 0.3) is 0 Å². The Morgan fingerprint density at radius 1 is 1.17 bits per heavy atom. The largest absolute Gasteiger partial charge is 0.493 e. The van der Waals surface area contributed by atoms with Crippen LogP contribution < -0.4 is 4.74 Å². The summed E-state index contributed by atoms with van der Waals surface area (Å²) in [6.45, 7) is 4.15. The van der Waals surface area contributed by atoms with Gasteiger partial charge in [0, 0.05) is 28.7 Å². The average Bonchev–Trinajstić information content (AvgIpc) is 2.57. The molecular weight excluding hydrogens is 354 g/mol. The van der Waals surface area contributed by atoms with Gasteiger partial charge in [0.2, 0.25) is 0 Å². The minimum Gasteiger partial charge on any atom is -0.493 e. The molecule has 1 amide bonds. The molecule has 2 aromatic rings. The molecule has 0 saturated carbocycles. The minimum absolute atomic E-state index is 0.0936. The molecule has 0 radical (unpaired) electrons. The summed E-state index contributed by atoms with van der Waals surface area (Å²) in [6.07, 6.45) is 1.81. The quantitative estimate of drug-likeness (QED) is 0.775. The number of hydrogen-bond acceptors (Lipinski definition) is 2. The van der Waals surface area contributed by atoms with Gasteiger partial charge in [0.25, 0.3) is 5.91 Å². The number of fused-ring (bicyclic) bond motifs is 1. The fourth-order valence-electron chi connectivity index (χ4n) is 2.85. The third-order valence-electron chi connectivity index (χ3n) is 4.03. The number of amides is 1. The van der Waals surface area contributed by atoms with Crippen LogP contribution in [0.4, 0.5) is 0 Å².